The summed E-state index contributed by atoms with van der Waals surface area (Å²) in [6, 6.07) is 0.254. The molecule has 1 rings (SSSR count). The van der Waals surface area contributed by atoms with Crippen LogP contribution in [-0.2, 0) is 9.59 Å². The first-order chi connectivity index (χ1) is 9.03. The maximum absolute atomic E-state index is 12.1. The molecule has 0 aromatic carbocycles. The quantitative estimate of drug-likeness (QED) is 0.776. The smallest absolute Gasteiger partial charge is 0.223 e. The van der Waals surface area contributed by atoms with Gasteiger partial charge in [0.1, 0.15) is 0 Å². The summed E-state index contributed by atoms with van der Waals surface area (Å²) >= 11 is 0. The zero-order valence-corrected chi connectivity index (χ0v) is 12.4. The molecular weight excluding hydrogens is 242 g/mol. The molecule has 0 aromatic rings. The highest BCUT2D eigenvalue weighted by atomic mass is 16.2. The van der Waals surface area contributed by atoms with Crippen LogP contribution in [0.2, 0.25) is 0 Å². The first-order valence-electron chi connectivity index (χ1n) is 7.30. The van der Waals surface area contributed by atoms with Gasteiger partial charge in [0.25, 0.3) is 0 Å². The van der Waals surface area contributed by atoms with Crippen LogP contribution in [0.4, 0.5) is 0 Å². The van der Waals surface area contributed by atoms with Crippen LogP contribution in [0.3, 0.4) is 0 Å². The molecule has 2 N–H and O–H groups in total. The highest BCUT2D eigenvalue weighted by Gasteiger charge is 2.31. The molecule has 2 unspecified atom stereocenters. The minimum atomic E-state index is 0.0700. The molecule has 5 nitrogen and oxygen atoms in total. The monoisotopic (exact) mass is 269 g/mol. The van der Waals surface area contributed by atoms with Gasteiger partial charge in [0.15, 0.2) is 0 Å². The van der Waals surface area contributed by atoms with Crippen LogP contribution in [0.25, 0.3) is 0 Å². The maximum Gasteiger partial charge on any atom is 0.223 e. The van der Waals surface area contributed by atoms with Gasteiger partial charge in [-0.3, -0.25) is 9.59 Å². The highest BCUT2D eigenvalue weighted by Crippen LogP contribution is 2.23. The van der Waals surface area contributed by atoms with Gasteiger partial charge < -0.3 is 15.5 Å². The van der Waals surface area contributed by atoms with E-state index in [0.717, 1.165) is 13.0 Å². The van der Waals surface area contributed by atoms with Crippen molar-refractivity contribution in [1.82, 2.24) is 9.80 Å². The van der Waals surface area contributed by atoms with Crippen LogP contribution in [0, 0.1) is 5.92 Å². The molecule has 19 heavy (non-hydrogen) atoms. The highest BCUT2D eigenvalue weighted by molar-refractivity contribution is 5.84. The molecule has 1 fully saturated rings. The molecule has 0 saturated carbocycles. The van der Waals surface area contributed by atoms with Crippen LogP contribution in [0.15, 0.2) is 0 Å². The number of rotatable bonds is 6. The third-order valence-corrected chi connectivity index (χ3v) is 3.98. The second-order valence-electron chi connectivity index (χ2n) is 5.30. The van der Waals surface area contributed by atoms with Crippen LogP contribution >= 0.6 is 0 Å². The van der Waals surface area contributed by atoms with Crippen LogP contribution in [0.1, 0.15) is 40.0 Å². The molecule has 0 bridgehead atoms. The Hall–Kier alpha value is -1.10. The number of nitrogens with zero attached hydrogens (tertiary/aromatic N) is 2. The standard InChI is InChI=1S/C14H27N3O2/c1-4-16(5-2)13(18)6-7-14(19)17-10-12(9-15)8-11(17)3/h11-12H,4-10,15H2,1-3H3. The fraction of sp³-hybridized carbons (Fsp3) is 0.857. The molecule has 0 radical (unpaired) electrons. The molecule has 1 aliphatic heterocycles. The number of nitrogens with two attached hydrogens (primary N) is 1. The molecule has 2 amide bonds. The van der Waals surface area contributed by atoms with Crippen molar-refractivity contribution in [3.8, 4) is 0 Å². The fourth-order valence-electron chi connectivity index (χ4n) is 2.75. The topological polar surface area (TPSA) is 66.6 Å². The number of hydrogen-bond acceptors (Lipinski definition) is 3. The van der Waals surface area contributed by atoms with E-state index in [2.05, 4.69) is 6.92 Å². The summed E-state index contributed by atoms with van der Waals surface area (Å²) in [5, 5.41) is 0. The van der Waals surface area contributed by atoms with Crippen LogP contribution < -0.4 is 5.73 Å². The Kier molecular flexibility index (Phi) is 6.28. The summed E-state index contributed by atoms with van der Waals surface area (Å²) < 4.78 is 0. The number of carbonyl (C=O) groups excluding carboxylic acids is 2. The summed E-state index contributed by atoms with van der Waals surface area (Å²) in [5.74, 6) is 0.571. The van der Waals surface area contributed by atoms with Gasteiger partial charge >= 0.3 is 0 Å². The van der Waals surface area contributed by atoms with Gasteiger partial charge in [-0.05, 0) is 39.7 Å². The van der Waals surface area contributed by atoms with Gasteiger partial charge in [-0.25, -0.2) is 0 Å². The van der Waals surface area contributed by atoms with E-state index in [1.54, 1.807) is 4.90 Å². The summed E-state index contributed by atoms with van der Waals surface area (Å²) in [4.78, 5) is 27.6. The fourth-order valence-corrected chi connectivity index (χ4v) is 2.75. The van der Waals surface area contributed by atoms with Crippen molar-refractivity contribution >= 4 is 11.8 Å². The predicted octanol–water partition coefficient (Wildman–Crippen LogP) is 0.831. The van der Waals surface area contributed by atoms with E-state index in [4.69, 9.17) is 5.73 Å². The Balaban J connectivity index is 2.41. The predicted molar refractivity (Wildman–Crippen MR) is 75.5 cm³/mol. The summed E-state index contributed by atoms with van der Waals surface area (Å²) in [6.07, 6.45) is 1.61. The molecule has 0 aliphatic carbocycles. The number of carbonyl (C=O) groups is 2. The Labute approximate surface area is 116 Å². The van der Waals surface area contributed by atoms with E-state index in [-0.39, 0.29) is 17.9 Å². The van der Waals surface area contributed by atoms with Gasteiger partial charge in [0, 0.05) is 38.5 Å². The molecule has 1 aliphatic rings. The minimum Gasteiger partial charge on any atom is -0.343 e. The summed E-state index contributed by atoms with van der Waals surface area (Å²) in [5.41, 5.74) is 5.66. The lowest BCUT2D eigenvalue weighted by molar-refractivity contribution is -0.137. The molecule has 0 spiro atoms. The Morgan fingerprint density at radius 2 is 1.89 bits per heavy atom. The first kappa shape index (κ1) is 16.0. The second kappa shape index (κ2) is 7.48. The van der Waals surface area contributed by atoms with Gasteiger partial charge in [-0.15, -0.1) is 0 Å². The van der Waals surface area contributed by atoms with E-state index in [0.29, 0.717) is 38.4 Å². The van der Waals surface area contributed by atoms with Crippen molar-refractivity contribution in [2.75, 3.05) is 26.2 Å². The minimum absolute atomic E-state index is 0.0700. The molecule has 1 heterocycles. The Morgan fingerprint density at radius 1 is 1.26 bits per heavy atom. The average molecular weight is 269 g/mol. The third-order valence-electron chi connectivity index (χ3n) is 3.98. The van der Waals surface area contributed by atoms with Crippen molar-refractivity contribution in [2.45, 2.75) is 46.1 Å². The van der Waals surface area contributed by atoms with E-state index in [1.807, 2.05) is 18.7 Å². The van der Waals surface area contributed by atoms with Crippen molar-refractivity contribution in [3.05, 3.63) is 0 Å². The lowest BCUT2D eigenvalue weighted by Crippen LogP contribution is -2.36. The third kappa shape index (κ3) is 4.20. The van der Waals surface area contributed by atoms with Gasteiger partial charge in [-0.2, -0.15) is 0 Å². The molecule has 5 heteroatoms. The number of likely N-dealkylation sites (tertiary alicyclic amines) is 1. The number of hydrogen-bond donors (Lipinski definition) is 1. The molecule has 1 saturated heterocycles. The average Bonchev–Trinajstić information content (AvgIpc) is 2.78. The summed E-state index contributed by atoms with van der Waals surface area (Å²) in [6.45, 7) is 8.76. The van der Waals surface area contributed by atoms with Gasteiger partial charge in [-0.1, -0.05) is 0 Å². The lowest BCUT2D eigenvalue weighted by Gasteiger charge is -2.23. The SMILES string of the molecule is CCN(CC)C(=O)CCC(=O)N1CC(CN)CC1C. The molecular formula is C14H27N3O2. The maximum atomic E-state index is 12.1. The normalized spacial score (nSPS) is 22.6. The molecule has 0 aromatic heterocycles. The van der Waals surface area contributed by atoms with E-state index in [1.165, 1.54) is 0 Å². The van der Waals surface area contributed by atoms with Gasteiger partial charge in [0.05, 0.1) is 0 Å². The first-order valence-corrected chi connectivity index (χ1v) is 7.30. The largest absolute Gasteiger partial charge is 0.343 e. The second-order valence-corrected chi connectivity index (χ2v) is 5.30. The van der Waals surface area contributed by atoms with E-state index >= 15 is 0 Å². The van der Waals surface area contributed by atoms with E-state index < -0.39 is 0 Å². The van der Waals surface area contributed by atoms with Crippen LogP contribution in [-0.4, -0.2) is 53.8 Å². The summed E-state index contributed by atoms with van der Waals surface area (Å²) in [7, 11) is 0. The van der Waals surface area contributed by atoms with Crippen molar-refractivity contribution in [2.24, 2.45) is 11.7 Å². The Bertz CT molecular complexity index is 316. The van der Waals surface area contributed by atoms with Crippen LogP contribution in [0.5, 0.6) is 0 Å². The number of amides is 2. The van der Waals surface area contributed by atoms with Crippen molar-refractivity contribution in [1.29, 1.82) is 0 Å². The zero-order valence-electron chi connectivity index (χ0n) is 12.4. The van der Waals surface area contributed by atoms with E-state index in [9.17, 15) is 9.59 Å². The molecule has 2 atom stereocenters. The molecule has 110 valence electrons. The van der Waals surface area contributed by atoms with Crippen molar-refractivity contribution in [3.63, 3.8) is 0 Å². The Morgan fingerprint density at radius 3 is 2.37 bits per heavy atom. The zero-order chi connectivity index (χ0) is 14.4. The lowest BCUT2D eigenvalue weighted by atomic mass is 10.1. The van der Waals surface area contributed by atoms with Gasteiger partial charge in [0.2, 0.25) is 11.8 Å². The van der Waals surface area contributed by atoms with Crippen molar-refractivity contribution < 1.29 is 9.59 Å².